The molecule has 0 radical (unpaired) electrons. The van der Waals surface area contributed by atoms with Gasteiger partial charge in [-0.25, -0.2) is 9.07 Å². The molecule has 3 heterocycles. The van der Waals surface area contributed by atoms with Gasteiger partial charge in [-0.15, -0.1) is 5.10 Å². The second-order valence-corrected chi connectivity index (χ2v) is 6.86. The number of amides is 2. The molecular formula is C18H20FN7O2. The highest BCUT2D eigenvalue weighted by molar-refractivity contribution is 5.90. The van der Waals surface area contributed by atoms with Gasteiger partial charge in [0, 0.05) is 42.8 Å². The van der Waals surface area contributed by atoms with Crippen molar-refractivity contribution in [3.8, 4) is 0 Å². The van der Waals surface area contributed by atoms with E-state index in [2.05, 4.69) is 20.5 Å². The number of benzene rings is 1. The minimum absolute atomic E-state index is 0.0270. The molecule has 28 heavy (non-hydrogen) atoms. The maximum Gasteiger partial charge on any atom is 0.244 e. The van der Waals surface area contributed by atoms with Crippen molar-refractivity contribution in [2.45, 2.75) is 19.9 Å². The SMILES string of the molecule is Cc1[nH]c2ccc(F)cc2c1CC(=O)N1CCN(C(=O)Cn2cnnn2)CC1. The van der Waals surface area contributed by atoms with Gasteiger partial charge in [-0.1, -0.05) is 0 Å². The van der Waals surface area contributed by atoms with Gasteiger partial charge >= 0.3 is 0 Å². The van der Waals surface area contributed by atoms with E-state index in [1.54, 1.807) is 15.9 Å². The monoisotopic (exact) mass is 385 g/mol. The van der Waals surface area contributed by atoms with E-state index in [-0.39, 0.29) is 30.6 Å². The first-order valence-electron chi connectivity index (χ1n) is 9.04. The molecule has 3 aromatic rings. The number of halogens is 1. The molecule has 1 aliphatic heterocycles. The standard InChI is InChI=1S/C18H20FN7O2/c1-12-14(15-8-13(19)2-3-16(15)21-12)9-17(27)24-4-6-25(7-5-24)18(28)10-26-11-20-22-23-26/h2-3,8,11,21H,4-7,9-10H2,1H3. The molecule has 1 N–H and O–H groups in total. The number of aromatic nitrogens is 5. The molecule has 10 heteroatoms. The van der Waals surface area contributed by atoms with Crippen molar-refractivity contribution < 1.29 is 14.0 Å². The van der Waals surface area contributed by atoms with Crippen LogP contribution in [0.3, 0.4) is 0 Å². The number of tetrazole rings is 1. The lowest BCUT2D eigenvalue weighted by Crippen LogP contribution is -2.51. The van der Waals surface area contributed by atoms with Crippen LogP contribution in [0.2, 0.25) is 0 Å². The molecule has 2 aromatic heterocycles. The molecule has 0 atom stereocenters. The molecule has 1 fully saturated rings. The normalized spacial score (nSPS) is 14.6. The number of hydrogen-bond donors (Lipinski definition) is 1. The highest BCUT2D eigenvalue weighted by atomic mass is 19.1. The molecular weight excluding hydrogens is 365 g/mol. The van der Waals surface area contributed by atoms with E-state index in [0.29, 0.717) is 26.2 Å². The maximum absolute atomic E-state index is 13.6. The average molecular weight is 385 g/mol. The van der Waals surface area contributed by atoms with E-state index in [9.17, 15) is 14.0 Å². The van der Waals surface area contributed by atoms with Crippen LogP contribution in [0.4, 0.5) is 4.39 Å². The van der Waals surface area contributed by atoms with Crippen molar-refractivity contribution in [2.75, 3.05) is 26.2 Å². The van der Waals surface area contributed by atoms with E-state index in [1.165, 1.54) is 23.1 Å². The van der Waals surface area contributed by atoms with E-state index in [0.717, 1.165) is 22.2 Å². The van der Waals surface area contributed by atoms with Crippen molar-refractivity contribution in [3.63, 3.8) is 0 Å². The minimum atomic E-state index is -0.324. The molecule has 0 bridgehead atoms. The Labute approximate surface area is 160 Å². The van der Waals surface area contributed by atoms with E-state index >= 15 is 0 Å². The lowest BCUT2D eigenvalue weighted by molar-refractivity contribution is -0.139. The predicted molar refractivity (Wildman–Crippen MR) is 97.7 cm³/mol. The quantitative estimate of drug-likeness (QED) is 0.706. The summed E-state index contributed by atoms with van der Waals surface area (Å²) in [6, 6.07) is 4.53. The van der Waals surface area contributed by atoms with Crippen LogP contribution in [0.15, 0.2) is 24.5 Å². The number of carbonyl (C=O) groups excluding carboxylic acids is 2. The average Bonchev–Trinajstić information content (AvgIpc) is 3.30. The molecule has 2 amide bonds. The summed E-state index contributed by atoms with van der Waals surface area (Å²) < 4.78 is 15.0. The zero-order valence-electron chi connectivity index (χ0n) is 15.4. The van der Waals surface area contributed by atoms with E-state index in [4.69, 9.17) is 0 Å². The molecule has 4 rings (SSSR count). The third-order valence-corrected chi connectivity index (χ3v) is 5.08. The Morgan fingerprint density at radius 3 is 2.54 bits per heavy atom. The number of rotatable bonds is 4. The van der Waals surface area contributed by atoms with E-state index < -0.39 is 0 Å². The smallest absolute Gasteiger partial charge is 0.244 e. The Morgan fingerprint density at radius 2 is 1.86 bits per heavy atom. The number of piperazine rings is 1. The summed E-state index contributed by atoms with van der Waals surface area (Å²) in [6.45, 7) is 3.84. The summed E-state index contributed by atoms with van der Waals surface area (Å²) in [5.74, 6) is -0.432. The summed E-state index contributed by atoms with van der Waals surface area (Å²) in [6.07, 6.45) is 1.60. The maximum atomic E-state index is 13.6. The number of aryl methyl sites for hydroxylation is 1. The molecule has 0 saturated carbocycles. The van der Waals surface area contributed by atoms with Gasteiger partial charge in [-0.05, 0) is 41.1 Å². The first-order chi connectivity index (χ1) is 13.5. The lowest BCUT2D eigenvalue weighted by Gasteiger charge is -2.34. The lowest BCUT2D eigenvalue weighted by atomic mass is 10.1. The summed E-state index contributed by atoms with van der Waals surface area (Å²) in [5, 5.41) is 11.4. The molecule has 0 aliphatic carbocycles. The van der Waals surface area contributed by atoms with Crippen LogP contribution in [0, 0.1) is 12.7 Å². The van der Waals surface area contributed by atoms with Gasteiger partial charge in [0.2, 0.25) is 11.8 Å². The summed E-state index contributed by atoms with van der Waals surface area (Å²) in [4.78, 5) is 31.7. The van der Waals surface area contributed by atoms with Gasteiger partial charge in [0.05, 0.1) is 6.42 Å². The first kappa shape index (κ1) is 18.1. The third kappa shape index (κ3) is 3.57. The molecule has 1 aliphatic rings. The third-order valence-electron chi connectivity index (χ3n) is 5.08. The zero-order chi connectivity index (χ0) is 19.7. The molecule has 146 valence electrons. The Kier molecular flexibility index (Phi) is 4.76. The number of fused-ring (bicyclic) bond motifs is 1. The molecule has 0 spiro atoms. The topological polar surface area (TPSA) is 100 Å². The van der Waals surface area contributed by atoms with Crippen molar-refractivity contribution in [1.82, 2.24) is 35.0 Å². The number of nitrogens with zero attached hydrogens (tertiary/aromatic N) is 6. The van der Waals surface area contributed by atoms with Crippen LogP contribution in [-0.2, 0) is 22.6 Å². The van der Waals surface area contributed by atoms with Gasteiger partial charge in [0.1, 0.15) is 18.7 Å². The fourth-order valence-corrected chi connectivity index (χ4v) is 3.54. The van der Waals surface area contributed by atoms with Gasteiger partial charge in [0.15, 0.2) is 0 Å². The molecule has 1 saturated heterocycles. The van der Waals surface area contributed by atoms with Gasteiger partial charge in [0.25, 0.3) is 0 Å². The zero-order valence-corrected chi connectivity index (χ0v) is 15.4. The highest BCUT2D eigenvalue weighted by Gasteiger charge is 2.25. The number of nitrogens with one attached hydrogen (secondary N) is 1. The number of H-pyrrole nitrogens is 1. The van der Waals surface area contributed by atoms with Crippen LogP contribution in [0.1, 0.15) is 11.3 Å². The van der Waals surface area contributed by atoms with Crippen LogP contribution < -0.4 is 0 Å². The van der Waals surface area contributed by atoms with Crippen molar-refractivity contribution in [1.29, 1.82) is 0 Å². The Balaban J connectivity index is 1.37. The van der Waals surface area contributed by atoms with Crippen LogP contribution >= 0.6 is 0 Å². The molecule has 1 aromatic carbocycles. The van der Waals surface area contributed by atoms with E-state index in [1.807, 2.05) is 6.92 Å². The molecule has 0 unspecified atom stereocenters. The largest absolute Gasteiger partial charge is 0.358 e. The summed E-state index contributed by atoms with van der Waals surface area (Å²) >= 11 is 0. The highest BCUT2D eigenvalue weighted by Crippen LogP contribution is 2.24. The van der Waals surface area contributed by atoms with Gasteiger partial charge < -0.3 is 14.8 Å². The van der Waals surface area contributed by atoms with Gasteiger partial charge in [-0.3, -0.25) is 9.59 Å². The van der Waals surface area contributed by atoms with Crippen molar-refractivity contribution in [3.05, 3.63) is 41.6 Å². The number of carbonyl (C=O) groups is 2. The Morgan fingerprint density at radius 1 is 1.14 bits per heavy atom. The second kappa shape index (κ2) is 7.37. The summed E-state index contributed by atoms with van der Waals surface area (Å²) in [5.41, 5.74) is 2.50. The van der Waals surface area contributed by atoms with Crippen molar-refractivity contribution >= 4 is 22.7 Å². The summed E-state index contributed by atoms with van der Waals surface area (Å²) in [7, 11) is 0. The second-order valence-electron chi connectivity index (χ2n) is 6.86. The fraction of sp³-hybridized carbons (Fsp3) is 0.389. The van der Waals surface area contributed by atoms with Crippen LogP contribution in [0.5, 0.6) is 0 Å². The first-order valence-corrected chi connectivity index (χ1v) is 9.04. The number of aromatic amines is 1. The number of hydrogen-bond acceptors (Lipinski definition) is 5. The fourth-order valence-electron chi connectivity index (χ4n) is 3.54. The Bertz CT molecular complexity index is 1010. The van der Waals surface area contributed by atoms with Gasteiger partial charge in [-0.2, -0.15) is 0 Å². The predicted octanol–water partition coefficient (Wildman–Crippen LogP) is 0.515. The Hall–Kier alpha value is -3.30. The van der Waals surface area contributed by atoms with Crippen LogP contribution in [0.25, 0.3) is 10.9 Å². The minimum Gasteiger partial charge on any atom is -0.358 e. The van der Waals surface area contributed by atoms with Crippen molar-refractivity contribution in [2.24, 2.45) is 0 Å². The molecule has 9 nitrogen and oxygen atoms in total. The van der Waals surface area contributed by atoms with Crippen LogP contribution in [-0.4, -0.2) is 73.0 Å².